The van der Waals surface area contributed by atoms with Gasteiger partial charge in [-0.25, -0.2) is 8.42 Å². The van der Waals surface area contributed by atoms with Crippen LogP contribution < -0.4 is 10.1 Å². The number of methoxy groups -OCH3 is 1. The monoisotopic (exact) mass is 341 g/mol. The molecule has 120 valence electrons. The van der Waals surface area contributed by atoms with Crippen molar-refractivity contribution in [2.24, 2.45) is 0 Å². The molecule has 1 aliphatic rings. The number of nitrogens with one attached hydrogen (secondary N) is 1. The Bertz CT molecular complexity index is 761. The van der Waals surface area contributed by atoms with Crippen LogP contribution in [0.1, 0.15) is 12.0 Å². The Morgan fingerprint density at radius 1 is 1.18 bits per heavy atom. The van der Waals surface area contributed by atoms with Crippen LogP contribution >= 0.6 is 12.4 Å². The quantitative estimate of drug-likeness (QED) is 0.928. The molecule has 1 fully saturated rings. The zero-order valence-corrected chi connectivity index (χ0v) is 14.0. The fourth-order valence-electron chi connectivity index (χ4n) is 2.88. The second-order valence-corrected chi connectivity index (χ2v) is 7.68. The van der Waals surface area contributed by atoms with E-state index in [-0.39, 0.29) is 24.2 Å². The zero-order valence-electron chi connectivity index (χ0n) is 12.4. The van der Waals surface area contributed by atoms with Gasteiger partial charge in [-0.2, -0.15) is 0 Å². The van der Waals surface area contributed by atoms with Crippen LogP contribution in [-0.2, 0) is 16.4 Å². The molecule has 2 aromatic carbocycles. The van der Waals surface area contributed by atoms with Crippen molar-refractivity contribution in [2.75, 3.05) is 18.6 Å². The van der Waals surface area contributed by atoms with E-state index < -0.39 is 9.84 Å². The Balaban J connectivity index is 0.00000176. The van der Waals surface area contributed by atoms with Gasteiger partial charge in [-0.15, -0.1) is 12.4 Å². The van der Waals surface area contributed by atoms with E-state index in [4.69, 9.17) is 4.74 Å². The van der Waals surface area contributed by atoms with Crippen LogP contribution in [0, 0.1) is 0 Å². The lowest BCUT2D eigenvalue weighted by Crippen LogP contribution is -2.29. The first-order valence-corrected chi connectivity index (χ1v) is 8.89. The maximum absolute atomic E-state index is 11.5. The summed E-state index contributed by atoms with van der Waals surface area (Å²) in [5.74, 6) is 1.41. The second kappa shape index (κ2) is 6.86. The van der Waals surface area contributed by atoms with E-state index in [1.807, 2.05) is 30.3 Å². The molecule has 0 radical (unpaired) electrons. The van der Waals surface area contributed by atoms with E-state index in [9.17, 15) is 8.42 Å². The average molecular weight is 342 g/mol. The molecule has 1 heterocycles. The van der Waals surface area contributed by atoms with Crippen LogP contribution in [0.2, 0.25) is 0 Å². The Labute approximate surface area is 137 Å². The predicted molar refractivity (Wildman–Crippen MR) is 91.6 cm³/mol. The molecular formula is C16H20ClNO3S. The highest BCUT2D eigenvalue weighted by Crippen LogP contribution is 2.28. The maximum atomic E-state index is 11.5. The van der Waals surface area contributed by atoms with Gasteiger partial charge >= 0.3 is 0 Å². The third-order valence-corrected chi connectivity index (χ3v) is 5.78. The average Bonchev–Trinajstić information content (AvgIpc) is 2.84. The van der Waals surface area contributed by atoms with E-state index in [1.54, 1.807) is 7.11 Å². The molecule has 2 aromatic rings. The van der Waals surface area contributed by atoms with Crippen LogP contribution in [0.4, 0.5) is 0 Å². The third-order valence-electron chi connectivity index (χ3n) is 4.01. The summed E-state index contributed by atoms with van der Waals surface area (Å²) < 4.78 is 28.4. The van der Waals surface area contributed by atoms with Crippen molar-refractivity contribution in [3.63, 3.8) is 0 Å². The molecular weight excluding hydrogens is 322 g/mol. The summed E-state index contributed by atoms with van der Waals surface area (Å²) in [4.78, 5) is 0. The van der Waals surface area contributed by atoms with Crippen molar-refractivity contribution in [1.82, 2.24) is 5.32 Å². The lowest BCUT2D eigenvalue weighted by atomic mass is 10.0. The number of fused-ring (bicyclic) bond motifs is 1. The maximum Gasteiger partial charge on any atom is 0.151 e. The van der Waals surface area contributed by atoms with E-state index in [0.717, 1.165) is 22.1 Å². The Morgan fingerprint density at radius 2 is 1.91 bits per heavy atom. The summed E-state index contributed by atoms with van der Waals surface area (Å²) in [5.41, 5.74) is 1.16. The molecule has 22 heavy (non-hydrogen) atoms. The SMILES string of the molecule is COc1ccc(CNC2CCS(=O)(=O)C2)c2ccccc12.Cl. The molecule has 1 saturated heterocycles. The molecule has 3 rings (SSSR count). The first-order chi connectivity index (χ1) is 10.1. The van der Waals surface area contributed by atoms with Crippen molar-refractivity contribution in [3.05, 3.63) is 42.0 Å². The predicted octanol–water partition coefficient (Wildman–Crippen LogP) is 2.55. The van der Waals surface area contributed by atoms with Crippen molar-refractivity contribution in [3.8, 4) is 5.75 Å². The van der Waals surface area contributed by atoms with Crippen LogP contribution in [0.3, 0.4) is 0 Å². The normalized spacial score (nSPS) is 19.8. The Kier molecular flexibility index (Phi) is 5.32. The third kappa shape index (κ3) is 3.54. The molecule has 0 aromatic heterocycles. The summed E-state index contributed by atoms with van der Waals surface area (Å²) in [6.07, 6.45) is 0.705. The van der Waals surface area contributed by atoms with Gasteiger partial charge in [-0.05, 0) is 23.4 Å². The van der Waals surface area contributed by atoms with Crippen LogP contribution in [0.25, 0.3) is 10.8 Å². The van der Waals surface area contributed by atoms with Crippen LogP contribution in [0.5, 0.6) is 5.75 Å². The van der Waals surface area contributed by atoms with E-state index in [1.165, 1.54) is 0 Å². The van der Waals surface area contributed by atoms with Gasteiger partial charge in [0.2, 0.25) is 0 Å². The van der Waals surface area contributed by atoms with Gasteiger partial charge in [0.05, 0.1) is 18.6 Å². The van der Waals surface area contributed by atoms with Crippen molar-refractivity contribution in [2.45, 2.75) is 19.0 Å². The molecule has 6 heteroatoms. The highest BCUT2D eigenvalue weighted by molar-refractivity contribution is 7.91. The number of hydrogen-bond acceptors (Lipinski definition) is 4. The minimum atomic E-state index is -2.84. The molecule has 1 N–H and O–H groups in total. The molecule has 0 aliphatic carbocycles. The van der Waals surface area contributed by atoms with Gasteiger partial charge in [0.15, 0.2) is 9.84 Å². The minimum absolute atomic E-state index is 0. The van der Waals surface area contributed by atoms with Gasteiger partial charge in [-0.1, -0.05) is 30.3 Å². The largest absolute Gasteiger partial charge is 0.496 e. The van der Waals surface area contributed by atoms with Crippen molar-refractivity contribution < 1.29 is 13.2 Å². The number of hydrogen-bond donors (Lipinski definition) is 1. The smallest absolute Gasteiger partial charge is 0.151 e. The van der Waals surface area contributed by atoms with Gasteiger partial charge in [0, 0.05) is 18.0 Å². The first-order valence-electron chi connectivity index (χ1n) is 7.07. The summed E-state index contributed by atoms with van der Waals surface area (Å²) in [6.45, 7) is 0.671. The number of benzene rings is 2. The lowest BCUT2D eigenvalue weighted by Gasteiger charge is -2.14. The minimum Gasteiger partial charge on any atom is -0.496 e. The molecule has 0 saturated carbocycles. The van der Waals surface area contributed by atoms with E-state index >= 15 is 0 Å². The summed E-state index contributed by atoms with van der Waals surface area (Å²) in [7, 11) is -1.17. The first kappa shape index (κ1) is 17.1. The van der Waals surface area contributed by atoms with Crippen molar-refractivity contribution >= 4 is 33.0 Å². The second-order valence-electron chi connectivity index (χ2n) is 5.45. The van der Waals surface area contributed by atoms with Crippen molar-refractivity contribution in [1.29, 1.82) is 0 Å². The fourth-order valence-corrected chi connectivity index (χ4v) is 4.58. The highest BCUT2D eigenvalue weighted by Gasteiger charge is 2.27. The molecule has 0 spiro atoms. The molecule has 0 amide bonds. The molecule has 0 bridgehead atoms. The summed E-state index contributed by atoms with van der Waals surface area (Å²) in [5, 5.41) is 5.59. The van der Waals surface area contributed by atoms with Gasteiger partial charge in [0.1, 0.15) is 5.75 Å². The number of rotatable bonds is 4. The number of halogens is 1. The van der Waals surface area contributed by atoms with Crippen LogP contribution in [0.15, 0.2) is 36.4 Å². The van der Waals surface area contributed by atoms with E-state index in [2.05, 4.69) is 11.4 Å². The number of sulfone groups is 1. The van der Waals surface area contributed by atoms with E-state index in [0.29, 0.717) is 18.7 Å². The lowest BCUT2D eigenvalue weighted by molar-refractivity contribution is 0.419. The molecule has 4 nitrogen and oxygen atoms in total. The van der Waals surface area contributed by atoms with Gasteiger partial charge in [0.25, 0.3) is 0 Å². The Morgan fingerprint density at radius 3 is 2.55 bits per heavy atom. The van der Waals surface area contributed by atoms with Gasteiger partial charge in [-0.3, -0.25) is 0 Å². The van der Waals surface area contributed by atoms with Crippen LogP contribution in [-0.4, -0.2) is 33.1 Å². The molecule has 1 unspecified atom stereocenters. The molecule has 1 atom stereocenters. The summed E-state index contributed by atoms with van der Waals surface area (Å²) in [6, 6.07) is 12.2. The summed E-state index contributed by atoms with van der Waals surface area (Å²) >= 11 is 0. The zero-order chi connectivity index (χ0) is 14.9. The Hall–Kier alpha value is -1.30. The number of ether oxygens (including phenoxy) is 1. The topological polar surface area (TPSA) is 55.4 Å². The van der Waals surface area contributed by atoms with Gasteiger partial charge < -0.3 is 10.1 Å². The standard InChI is InChI=1S/C16H19NO3S.ClH/c1-20-16-7-6-12(14-4-2-3-5-15(14)16)10-17-13-8-9-21(18,19)11-13;/h2-7,13,17H,8-11H2,1H3;1H. The molecule has 1 aliphatic heterocycles. The fraction of sp³-hybridized carbons (Fsp3) is 0.375. The highest BCUT2D eigenvalue weighted by atomic mass is 35.5.